The molecule has 0 saturated carbocycles. The van der Waals surface area contributed by atoms with Gasteiger partial charge in [-0.05, 0) is 79.4 Å². The van der Waals surface area contributed by atoms with Gasteiger partial charge in [0.15, 0.2) is 0 Å². The number of ether oxygens (including phenoxy) is 1. The number of para-hydroxylation sites is 2. The number of benzene rings is 3. The van der Waals surface area contributed by atoms with Gasteiger partial charge in [-0.1, -0.05) is 52.3 Å². The molecular weight excluding hydrogens is 556 g/mol. The Morgan fingerprint density at radius 3 is 2.51 bits per heavy atom. The van der Waals surface area contributed by atoms with E-state index >= 15 is 0 Å². The maximum Gasteiger partial charge on any atom is 0.248 e. The van der Waals surface area contributed by atoms with Crippen molar-refractivity contribution in [2.75, 3.05) is 36.1 Å². The van der Waals surface area contributed by atoms with E-state index in [0.29, 0.717) is 23.5 Å². The maximum absolute atomic E-state index is 13.4. The molecule has 2 fully saturated rings. The predicted octanol–water partition coefficient (Wildman–Crippen LogP) is 5.66. The highest BCUT2D eigenvalue weighted by molar-refractivity contribution is 9.10. The van der Waals surface area contributed by atoms with Gasteiger partial charge in [0.05, 0.1) is 30.0 Å². The number of anilines is 3. The summed E-state index contributed by atoms with van der Waals surface area (Å²) in [6.45, 7) is 2.78. The number of nitrogens with one attached hydrogen (secondary N) is 2. The second-order valence-electron chi connectivity index (χ2n) is 10.1. The van der Waals surface area contributed by atoms with Gasteiger partial charge in [0.25, 0.3) is 0 Å². The van der Waals surface area contributed by atoms with E-state index in [4.69, 9.17) is 10.5 Å². The van der Waals surface area contributed by atoms with E-state index in [1.807, 2.05) is 60.7 Å². The number of carbonyl (C=O) groups is 2. The standard InChI is InChI=1S/C31H33BrN4O3/c32-23-12-14-24(15-13-23)34-31(38)27(4-3-17-36-19-26-18-25(36)20-39-26)22-10-7-21(8-11-22)9-16-30(37)35-29-6-2-1-5-28(29)33/h1-2,5-16,25-27H,3-4,17-20,33H2,(H,34,38)(H,35,37)/b16-9+. The SMILES string of the molecule is Nc1ccccc1NC(=O)/C=C/c1ccc(C(CCCN2CC3CC2CO3)C(=O)Nc2ccc(Br)cc2)cc1. The highest BCUT2D eigenvalue weighted by atomic mass is 79.9. The average molecular weight is 590 g/mol. The second kappa shape index (κ2) is 12.6. The van der Waals surface area contributed by atoms with Gasteiger partial charge in [0.1, 0.15) is 0 Å². The fraction of sp³-hybridized carbons (Fsp3) is 0.290. The molecule has 3 atom stereocenters. The van der Waals surface area contributed by atoms with Crippen LogP contribution in [0.1, 0.15) is 36.3 Å². The van der Waals surface area contributed by atoms with Crippen LogP contribution >= 0.6 is 15.9 Å². The van der Waals surface area contributed by atoms with Gasteiger partial charge in [-0.3, -0.25) is 14.5 Å². The van der Waals surface area contributed by atoms with Crippen LogP contribution in [0.4, 0.5) is 17.1 Å². The first-order valence-electron chi connectivity index (χ1n) is 13.3. The zero-order valence-corrected chi connectivity index (χ0v) is 23.3. The minimum Gasteiger partial charge on any atom is -0.397 e. The van der Waals surface area contributed by atoms with Crippen LogP contribution in [0.25, 0.3) is 6.08 Å². The van der Waals surface area contributed by atoms with Crippen molar-refractivity contribution in [3.63, 3.8) is 0 Å². The third kappa shape index (κ3) is 7.15. The Kier molecular flexibility index (Phi) is 8.76. The molecule has 0 spiro atoms. The predicted molar refractivity (Wildman–Crippen MR) is 159 cm³/mol. The van der Waals surface area contributed by atoms with E-state index in [9.17, 15) is 9.59 Å². The summed E-state index contributed by atoms with van der Waals surface area (Å²) in [5, 5.41) is 5.87. The molecule has 7 nitrogen and oxygen atoms in total. The fourth-order valence-electron chi connectivity index (χ4n) is 5.26. The summed E-state index contributed by atoms with van der Waals surface area (Å²) in [6.07, 6.45) is 6.39. The molecule has 2 bridgehead atoms. The lowest BCUT2D eigenvalue weighted by molar-refractivity contribution is -0.117. The molecule has 3 unspecified atom stereocenters. The number of morpholine rings is 1. The molecular formula is C31H33BrN4O3. The largest absolute Gasteiger partial charge is 0.397 e. The molecule has 2 saturated heterocycles. The number of rotatable bonds is 10. The Bertz CT molecular complexity index is 1330. The highest BCUT2D eigenvalue weighted by Crippen LogP contribution is 2.30. The number of fused-ring (bicyclic) bond motifs is 2. The molecule has 2 aliphatic rings. The Labute approximate surface area is 237 Å². The Hall–Kier alpha value is -3.46. The minimum atomic E-state index is -0.285. The van der Waals surface area contributed by atoms with E-state index in [-0.39, 0.29) is 17.7 Å². The average Bonchev–Trinajstić information content (AvgIpc) is 3.57. The zero-order chi connectivity index (χ0) is 27.2. The molecule has 8 heteroatoms. The smallest absolute Gasteiger partial charge is 0.248 e. The molecule has 0 aromatic heterocycles. The molecule has 2 heterocycles. The van der Waals surface area contributed by atoms with E-state index in [0.717, 1.165) is 60.2 Å². The summed E-state index contributed by atoms with van der Waals surface area (Å²) in [5.41, 5.74) is 9.59. The number of nitrogens with two attached hydrogens (primary N) is 1. The van der Waals surface area contributed by atoms with Crippen LogP contribution < -0.4 is 16.4 Å². The quantitative estimate of drug-likeness (QED) is 0.210. The monoisotopic (exact) mass is 588 g/mol. The van der Waals surface area contributed by atoms with Gasteiger partial charge in [-0.15, -0.1) is 0 Å². The van der Waals surface area contributed by atoms with Crippen LogP contribution in [0.3, 0.4) is 0 Å². The number of amides is 2. The molecule has 3 aromatic rings. The molecule has 2 amide bonds. The summed E-state index contributed by atoms with van der Waals surface area (Å²) in [7, 11) is 0. The number of likely N-dealkylation sites (tertiary alicyclic amines) is 1. The van der Waals surface area contributed by atoms with E-state index < -0.39 is 0 Å². The number of carbonyl (C=O) groups excluding carboxylic acids is 2. The first-order valence-corrected chi connectivity index (χ1v) is 14.1. The van der Waals surface area contributed by atoms with Gasteiger partial charge >= 0.3 is 0 Å². The summed E-state index contributed by atoms with van der Waals surface area (Å²) in [5.74, 6) is -0.566. The number of hydrogen-bond acceptors (Lipinski definition) is 5. The topological polar surface area (TPSA) is 96.7 Å². The van der Waals surface area contributed by atoms with Gasteiger partial charge in [-0.25, -0.2) is 0 Å². The van der Waals surface area contributed by atoms with Gasteiger partial charge in [-0.2, -0.15) is 0 Å². The van der Waals surface area contributed by atoms with Crippen molar-refractivity contribution in [3.8, 4) is 0 Å². The van der Waals surface area contributed by atoms with Crippen LogP contribution in [0.2, 0.25) is 0 Å². The van der Waals surface area contributed by atoms with Crippen molar-refractivity contribution in [2.45, 2.75) is 37.3 Å². The second-order valence-corrected chi connectivity index (χ2v) is 11.0. The molecule has 202 valence electrons. The van der Waals surface area contributed by atoms with Crippen LogP contribution in [0, 0.1) is 0 Å². The summed E-state index contributed by atoms with van der Waals surface area (Å²) in [6, 6.07) is 23.1. The van der Waals surface area contributed by atoms with Crippen molar-refractivity contribution >= 4 is 50.9 Å². The molecule has 5 rings (SSSR count). The molecule has 3 aromatic carbocycles. The van der Waals surface area contributed by atoms with E-state index in [2.05, 4.69) is 31.5 Å². The Morgan fingerprint density at radius 2 is 1.82 bits per heavy atom. The van der Waals surface area contributed by atoms with Crippen LogP contribution in [0.15, 0.2) is 83.3 Å². The molecule has 0 radical (unpaired) electrons. The van der Waals surface area contributed by atoms with Crippen molar-refractivity contribution in [3.05, 3.63) is 94.5 Å². The Morgan fingerprint density at radius 1 is 1.05 bits per heavy atom. The van der Waals surface area contributed by atoms with E-state index in [1.165, 1.54) is 6.08 Å². The lowest BCUT2D eigenvalue weighted by atomic mass is 9.92. The highest BCUT2D eigenvalue weighted by Gasteiger charge is 2.38. The number of hydrogen-bond donors (Lipinski definition) is 3. The lowest BCUT2D eigenvalue weighted by Crippen LogP contribution is -2.37. The fourth-order valence-corrected chi connectivity index (χ4v) is 5.52. The van der Waals surface area contributed by atoms with Crippen LogP contribution in [-0.2, 0) is 14.3 Å². The van der Waals surface area contributed by atoms with Gasteiger partial charge < -0.3 is 21.1 Å². The van der Waals surface area contributed by atoms with Crippen molar-refractivity contribution in [1.82, 2.24) is 4.90 Å². The first-order chi connectivity index (χ1) is 18.9. The first kappa shape index (κ1) is 27.1. The van der Waals surface area contributed by atoms with Crippen LogP contribution in [0.5, 0.6) is 0 Å². The normalized spacial score (nSPS) is 19.3. The van der Waals surface area contributed by atoms with E-state index in [1.54, 1.807) is 18.2 Å². The van der Waals surface area contributed by atoms with Gasteiger partial charge in [0, 0.05) is 28.8 Å². The van der Waals surface area contributed by atoms with Crippen molar-refractivity contribution in [2.24, 2.45) is 0 Å². The van der Waals surface area contributed by atoms with Gasteiger partial charge in [0.2, 0.25) is 11.8 Å². The van der Waals surface area contributed by atoms with Crippen molar-refractivity contribution < 1.29 is 14.3 Å². The zero-order valence-electron chi connectivity index (χ0n) is 21.7. The third-order valence-corrected chi connectivity index (χ3v) is 7.89. The number of nitrogen functional groups attached to an aromatic ring is 1. The lowest BCUT2D eigenvalue weighted by Gasteiger charge is -2.27. The summed E-state index contributed by atoms with van der Waals surface area (Å²) < 4.78 is 6.69. The Balaban J connectivity index is 1.24. The molecule has 4 N–H and O–H groups in total. The summed E-state index contributed by atoms with van der Waals surface area (Å²) >= 11 is 3.44. The number of halogens is 1. The minimum absolute atomic E-state index is 0.0216. The van der Waals surface area contributed by atoms with Crippen LogP contribution in [-0.4, -0.2) is 48.6 Å². The van der Waals surface area contributed by atoms with Crippen molar-refractivity contribution in [1.29, 1.82) is 0 Å². The molecule has 2 aliphatic heterocycles. The summed E-state index contributed by atoms with van der Waals surface area (Å²) in [4.78, 5) is 28.3. The maximum atomic E-state index is 13.4. The molecule has 39 heavy (non-hydrogen) atoms. The molecule has 0 aliphatic carbocycles. The number of nitrogens with zero attached hydrogens (tertiary/aromatic N) is 1. The third-order valence-electron chi connectivity index (χ3n) is 7.36.